The third-order valence-electron chi connectivity index (χ3n) is 5.77. The number of nitrogens with zero attached hydrogens (tertiary/aromatic N) is 1. The molecule has 0 saturated carbocycles. The van der Waals surface area contributed by atoms with Gasteiger partial charge in [0.1, 0.15) is 0 Å². The largest absolute Gasteiger partial charge is 0.392 e. The van der Waals surface area contributed by atoms with E-state index in [9.17, 15) is 9.90 Å². The molecule has 0 aliphatic carbocycles. The Labute approximate surface area is 168 Å². The second kappa shape index (κ2) is 6.92. The molecule has 1 aromatic heterocycles. The van der Waals surface area contributed by atoms with Crippen LogP contribution >= 0.6 is 11.6 Å². The summed E-state index contributed by atoms with van der Waals surface area (Å²) >= 11 is 6.27. The van der Waals surface area contributed by atoms with Crippen molar-refractivity contribution in [3.05, 3.63) is 58.1 Å². The van der Waals surface area contributed by atoms with E-state index in [2.05, 4.69) is 39.5 Å². The number of likely N-dealkylation sites (tertiary alicyclic amines) is 1. The number of carbonyl (C=O) groups excluding carboxylic acids is 1. The summed E-state index contributed by atoms with van der Waals surface area (Å²) < 4.78 is 0. The first kappa shape index (κ1) is 17.7. The van der Waals surface area contributed by atoms with E-state index < -0.39 is 0 Å². The number of aliphatic hydroxyl groups is 1. The molecular formula is C22H22ClN3O2. The molecule has 5 nitrogen and oxygen atoms in total. The predicted molar refractivity (Wildman–Crippen MR) is 110 cm³/mol. The third kappa shape index (κ3) is 3.09. The zero-order valence-electron chi connectivity index (χ0n) is 15.5. The lowest BCUT2D eigenvalue weighted by molar-refractivity contribution is 0.0668. The summed E-state index contributed by atoms with van der Waals surface area (Å²) in [4.78, 5) is 18.1. The Morgan fingerprint density at radius 2 is 2.11 bits per heavy atom. The van der Waals surface area contributed by atoms with Gasteiger partial charge >= 0.3 is 0 Å². The highest BCUT2D eigenvalue weighted by atomic mass is 35.5. The predicted octanol–water partition coefficient (Wildman–Crippen LogP) is 3.69. The zero-order chi connectivity index (χ0) is 19.3. The van der Waals surface area contributed by atoms with Gasteiger partial charge in [0, 0.05) is 52.4 Å². The van der Waals surface area contributed by atoms with Gasteiger partial charge in [0.05, 0.1) is 11.7 Å². The van der Waals surface area contributed by atoms with Gasteiger partial charge in [-0.1, -0.05) is 23.7 Å². The number of β-amino-alcohol motifs (C(OH)–C–C–N with tert-alkyl or cyclic N) is 1. The lowest BCUT2D eigenvalue weighted by atomic mass is 10.0. The van der Waals surface area contributed by atoms with Gasteiger partial charge in [-0.15, -0.1) is 0 Å². The average Bonchev–Trinajstić information content (AvgIpc) is 3.26. The third-order valence-corrected chi connectivity index (χ3v) is 6.12. The monoisotopic (exact) mass is 395 g/mol. The molecule has 28 heavy (non-hydrogen) atoms. The minimum atomic E-state index is -0.213. The van der Waals surface area contributed by atoms with Crippen molar-refractivity contribution in [3.8, 4) is 11.3 Å². The van der Waals surface area contributed by atoms with Crippen molar-refractivity contribution >= 4 is 28.4 Å². The highest BCUT2D eigenvalue weighted by molar-refractivity contribution is 6.32. The number of piperidine rings is 1. The van der Waals surface area contributed by atoms with Crippen LogP contribution in [0.2, 0.25) is 5.02 Å². The van der Waals surface area contributed by atoms with Gasteiger partial charge in [0.25, 0.3) is 5.91 Å². The number of rotatable bonds is 3. The van der Waals surface area contributed by atoms with Crippen LogP contribution in [0.25, 0.3) is 22.2 Å². The number of amides is 1. The molecule has 2 aliphatic rings. The van der Waals surface area contributed by atoms with E-state index in [1.807, 2.05) is 12.1 Å². The Hall–Kier alpha value is -2.34. The lowest BCUT2D eigenvalue weighted by Gasteiger charge is -2.29. The Morgan fingerprint density at radius 1 is 1.21 bits per heavy atom. The molecule has 0 spiro atoms. The van der Waals surface area contributed by atoms with Crippen LogP contribution in [0.3, 0.4) is 0 Å². The number of nitrogens with one attached hydrogen (secondary N) is 2. The molecule has 3 heterocycles. The van der Waals surface area contributed by atoms with Crippen LogP contribution in [0.15, 0.2) is 36.4 Å². The van der Waals surface area contributed by atoms with Gasteiger partial charge in [0.15, 0.2) is 0 Å². The summed E-state index contributed by atoms with van der Waals surface area (Å²) in [6.07, 6.45) is 1.73. The van der Waals surface area contributed by atoms with E-state index in [4.69, 9.17) is 11.6 Å². The van der Waals surface area contributed by atoms with Crippen LogP contribution in [0, 0.1) is 0 Å². The first-order valence-corrected chi connectivity index (χ1v) is 10.1. The number of fused-ring (bicyclic) bond motifs is 2. The fraction of sp³-hybridized carbons (Fsp3) is 0.318. The van der Waals surface area contributed by atoms with Gasteiger partial charge in [-0.2, -0.15) is 0 Å². The molecule has 0 radical (unpaired) electrons. The van der Waals surface area contributed by atoms with Gasteiger partial charge in [0.2, 0.25) is 0 Å². The minimum Gasteiger partial charge on any atom is -0.392 e. The molecule has 0 bridgehead atoms. The van der Waals surface area contributed by atoms with Crippen molar-refractivity contribution in [2.75, 3.05) is 13.1 Å². The van der Waals surface area contributed by atoms with E-state index in [0.717, 1.165) is 60.2 Å². The van der Waals surface area contributed by atoms with Crippen LogP contribution in [0.5, 0.6) is 0 Å². The lowest BCUT2D eigenvalue weighted by Crippen LogP contribution is -2.37. The smallest absolute Gasteiger partial charge is 0.252 e. The van der Waals surface area contributed by atoms with E-state index in [1.165, 1.54) is 5.56 Å². The SMILES string of the molecule is O=C1NCc2c(Cl)ccc(-c3cc4cc(CN5CCCC(O)C5)ccc4[nH]3)c21. The summed E-state index contributed by atoms with van der Waals surface area (Å²) in [6.45, 7) is 3.08. The molecule has 1 unspecified atom stereocenters. The maximum atomic E-state index is 12.3. The van der Waals surface area contributed by atoms with Crippen LogP contribution in [-0.4, -0.2) is 40.1 Å². The number of H-pyrrole nitrogens is 1. The van der Waals surface area contributed by atoms with Crippen molar-refractivity contribution in [1.29, 1.82) is 0 Å². The van der Waals surface area contributed by atoms with Crippen LogP contribution in [0.1, 0.15) is 34.3 Å². The number of aromatic nitrogens is 1. The number of hydrogen-bond acceptors (Lipinski definition) is 3. The number of halogens is 1. The molecule has 2 aliphatic heterocycles. The van der Waals surface area contributed by atoms with Gasteiger partial charge in [-0.05, 0) is 49.2 Å². The number of hydrogen-bond donors (Lipinski definition) is 3. The minimum absolute atomic E-state index is 0.0736. The molecule has 1 fully saturated rings. The standard InChI is InChI=1S/C22H22ClN3O2/c23-18-5-4-16(21-17(18)10-24-22(21)28)20-9-14-8-13(3-6-19(14)25-20)11-26-7-1-2-15(27)12-26/h3-6,8-9,15,25,27H,1-2,7,10-12H2,(H,24,28). The highest BCUT2D eigenvalue weighted by Gasteiger charge is 2.26. The molecule has 1 saturated heterocycles. The van der Waals surface area contributed by atoms with E-state index in [1.54, 1.807) is 0 Å². The summed E-state index contributed by atoms with van der Waals surface area (Å²) in [5, 5.41) is 14.5. The van der Waals surface area contributed by atoms with Crippen molar-refractivity contribution in [3.63, 3.8) is 0 Å². The molecule has 5 rings (SSSR count). The van der Waals surface area contributed by atoms with Crippen LogP contribution in [-0.2, 0) is 13.1 Å². The summed E-state index contributed by atoms with van der Waals surface area (Å²) in [6, 6.07) is 12.3. The Balaban J connectivity index is 1.48. The van der Waals surface area contributed by atoms with Crippen molar-refractivity contribution in [1.82, 2.24) is 15.2 Å². The zero-order valence-corrected chi connectivity index (χ0v) is 16.2. The normalized spacial score (nSPS) is 19.8. The average molecular weight is 396 g/mol. The second-order valence-corrected chi connectivity index (χ2v) is 8.17. The number of carbonyl (C=O) groups is 1. The van der Waals surface area contributed by atoms with Crippen molar-refractivity contribution in [2.45, 2.75) is 32.0 Å². The summed E-state index contributed by atoms with van der Waals surface area (Å²) in [5.41, 5.74) is 5.61. The highest BCUT2D eigenvalue weighted by Crippen LogP contribution is 2.34. The van der Waals surface area contributed by atoms with Crippen molar-refractivity contribution in [2.24, 2.45) is 0 Å². The molecule has 1 amide bonds. The van der Waals surface area contributed by atoms with Crippen molar-refractivity contribution < 1.29 is 9.90 Å². The van der Waals surface area contributed by atoms with E-state index >= 15 is 0 Å². The van der Waals surface area contributed by atoms with E-state index in [0.29, 0.717) is 17.1 Å². The topological polar surface area (TPSA) is 68.4 Å². The maximum absolute atomic E-state index is 12.3. The number of aromatic amines is 1. The Kier molecular flexibility index (Phi) is 4.38. The fourth-order valence-corrected chi connectivity index (χ4v) is 4.62. The Morgan fingerprint density at radius 3 is 2.96 bits per heavy atom. The van der Waals surface area contributed by atoms with Crippen LogP contribution < -0.4 is 5.32 Å². The first-order chi connectivity index (χ1) is 13.6. The molecule has 6 heteroatoms. The maximum Gasteiger partial charge on any atom is 0.252 e. The molecule has 3 N–H and O–H groups in total. The summed E-state index contributed by atoms with van der Waals surface area (Å²) in [5.74, 6) is -0.0736. The molecule has 3 aromatic rings. The molecule has 144 valence electrons. The quantitative estimate of drug-likeness (QED) is 0.633. The van der Waals surface area contributed by atoms with E-state index in [-0.39, 0.29) is 12.0 Å². The number of aliphatic hydroxyl groups excluding tert-OH is 1. The first-order valence-electron chi connectivity index (χ1n) is 9.70. The number of benzene rings is 2. The second-order valence-electron chi connectivity index (χ2n) is 7.77. The van der Waals surface area contributed by atoms with Gasteiger partial charge in [-0.3, -0.25) is 9.69 Å². The van der Waals surface area contributed by atoms with Gasteiger partial charge in [-0.25, -0.2) is 0 Å². The molecule has 1 atom stereocenters. The summed E-state index contributed by atoms with van der Waals surface area (Å²) in [7, 11) is 0. The van der Waals surface area contributed by atoms with Gasteiger partial charge < -0.3 is 15.4 Å². The molecule has 2 aromatic carbocycles. The molecular weight excluding hydrogens is 374 g/mol. The Bertz CT molecular complexity index is 1080. The fourth-order valence-electron chi connectivity index (χ4n) is 4.39. The van der Waals surface area contributed by atoms with Crippen LogP contribution in [0.4, 0.5) is 0 Å².